The van der Waals surface area contributed by atoms with Crippen LogP contribution in [0.25, 0.3) is 0 Å². The van der Waals surface area contributed by atoms with Crippen molar-refractivity contribution in [2.75, 3.05) is 6.61 Å². The van der Waals surface area contributed by atoms with Gasteiger partial charge < -0.3 is 18.0 Å². The number of allylic oxidation sites excluding steroid dienone is 3. The average Bonchev–Trinajstić information content (AvgIpc) is 3.74. The molecule has 0 aromatic heterocycles. The Morgan fingerprint density at radius 3 is 1.75 bits per heavy atom. The number of rotatable bonds is 15. The molecular formula is C45H86O4Si3. The summed E-state index contributed by atoms with van der Waals surface area (Å²) in [6.07, 6.45) is 18.0. The maximum Gasteiger partial charge on any atom is 0.192 e. The quantitative estimate of drug-likeness (QED) is 0.155. The van der Waals surface area contributed by atoms with Crippen molar-refractivity contribution in [2.45, 2.75) is 233 Å². The van der Waals surface area contributed by atoms with Crippen LogP contribution in [0.15, 0.2) is 23.3 Å². The van der Waals surface area contributed by atoms with Crippen molar-refractivity contribution >= 4 is 25.0 Å². The van der Waals surface area contributed by atoms with Crippen LogP contribution in [0.4, 0.5) is 0 Å². The largest absolute Gasteiger partial charge is 0.413 e. The molecule has 4 rings (SSSR count). The van der Waals surface area contributed by atoms with Crippen molar-refractivity contribution in [3.63, 3.8) is 0 Å². The average molecular weight is 775 g/mol. The van der Waals surface area contributed by atoms with Crippen LogP contribution in [-0.4, -0.2) is 55.5 Å². The number of ether oxygens (including phenoxy) is 1. The first-order chi connectivity index (χ1) is 23.8. The summed E-state index contributed by atoms with van der Waals surface area (Å²) in [5.41, 5.74) is 3.65. The van der Waals surface area contributed by atoms with E-state index in [-0.39, 0.29) is 39.4 Å². The third-order valence-electron chi connectivity index (χ3n) is 16.1. The van der Waals surface area contributed by atoms with Crippen LogP contribution >= 0.6 is 0 Å². The minimum atomic E-state index is -1.94. The molecule has 0 aromatic carbocycles. The monoisotopic (exact) mass is 775 g/mol. The van der Waals surface area contributed by atoms with E-state index in [4.69, 9.17) is 18.0 Å². The highest BCUT2D eigenvalue weighted by Crippen LogP contribution is 2.62. The molecule has 7 heteroatoms. The van der Waals surface area contributed by atoms with E-state index in [9.17, 15) is 0 Å². The molecule has 0 radical (unpaired) electrons. The van der Waals surface area contributed by atoms with Crippen LogP contribution in [-0.2, 0) is 18.0 Å². The molecule has 4 nitrogen and oxygen atoms in total. The third-order valence-corrected chi connectivity index (χ3v) is 30.0. The molecule has 0 aromatic rings. The fraction of sp³-hybridized carbons (Fsp3) is 0.911. The maximum atomic E-state index is 7.39. The Balaban J connectivity index is 1.51. The topological polar surface area (TPSA) is 36.9 Å². The van der Waals surface area contributed by atoms with Gasteiger partial charge in [0.15, 0.2) is 25.0 Å². The highest BCUT2D eigenvalue weighted by atomic mass is 28.4. The number of hydrogen-bond acceptors (Lipinski definition) is 4. The highest BCUT2D eigenvalue weighted by molar-refractivity contribution is 6.74. The van der Waals surface area contributed by atoms with Crippen molar-refractivity contribution in [1.29, 1.82) is 0 Å². The summed E-state index contributed by atoms with van der Waals surface area (Å²) in [4.78, 5) is 0. The molecule has 4 aliphatic rings. The first-order valence-electron chi connectivity index (χ1n) is 21.9. The summed E-state index contributed by atoms with van der Waals surface area (Å²) in [6.45, 7) is 41.5. The zero-order chi connectivity index (χ0) is 39.2. The van der Waals surface area contributed by atoms with E-state index in [0.717, 1.165) is 25.9 Å². The summed E-state index contributed by atoms with van der Waals surface area (Å²) in [5, 5.41) is 0.399. The van der Waals surface area contributed by atoms with Crippen LogP contribution < -0.4 is 0 Å². The molecule has 4 aliphatic carbocycles. The van der Waals surface area contributed by atoms with Crippen LogP contribution in [0.2, 0.25) is 54.4 Å². The Bertz CT molecular complexity index is 1210. The van der Waals surface area contributed by atoms with Gasteiger partial charge in [0.1, 0.15) is 0 Å². The lowest BCUT2D eigenvalue weighted by Crippen LogP contribution is -2.54. The summed E-state index contributed by atoms with van der Waals surface area (Å²) in [7, 11) is -5.52. The van der Waals surface area contributed by atoms with Crippen LogP contribution in [0.1, 0.15) is 154 Å². The van der Waals surface area contributed by atoms with Gasteiger partial charge in [0.2, 0.25) is 0 Å². The lowest BCUT2D eigenvalue weighted by atomic mass is 9.62. The van der Waals surface area contributed by atoms with E-state index in [1.54, 1.807) is 11.1 Å². The standard InChI is InChI=1S/C45H86O4Si3/c1-18-52(19-2,20-3)49-43(11,12)30-31-46-34(4)37-25-26-38-36(22-21-27-44(37,38)13)24-23-35-32-39(47-50(14,15)41(5,6)7)45(28-29-45)40(33-35)48-51(16,17)42(8,9)10/h23-24,34,37-40H,18-22,25-33H2,1-17H3/b36-24+/t34-,37?,38?,39-,40-,44?/m1/s1. The summed E-state index contributed by atoms with van der Waals surface area (Å²) < 4.78 is 28.4. The lowest BCUT2D eigenvalue weighted by Gasteiger charge is -2.49. The molecule has 4 fully saturated rings. The second-order valence-corrected chi connectivity index (χ2v) is 36.2. The van der Waals surface area contributed by atoms with Crippen molar-refractivity contribution in [1.82, 2.24) is 0 Å². The predicted octanol–water partition coefficient (Wildman–Crippen LogP) is 14.0. The molecule has 6 atom stereocenters. The molecule has 0 N–H and O–H groups in total. The molecule has 0 heterocycles. The van der Waals surface area contributed by atoms with E-state index >= 15 is 0 Å². The Morgan fingerprint density at radius 1 is 0.769 bits per heavy atom. The Hall–Kier alpha value is -0.0294. The Labute approximate surface area is 326 Å². The molecule has 52 heavy (non-hydrogen) atoms. The van der Waals surface area contributed by atoms with E-state index in [2.05, 4.69) is 128 Å². The van der Waals surface area contributed by atoms with Gasteiger partial charge in [0, 0.05) is 12.0 Å². The van der Waals surface area contributed by atoms with Crippen molar-refractivity contribution in [2.24, 2.45) is 22.7 Å². The highest BCUT2D eigenvalue weighted by Gasteiger charge is 2.61. The van der Waals surface area contributed by atoms with Gasteiger partial charge in [0.05, 0.1) is 23.9 Å². The van der Waals surface area contributed by atoms with Gasteiger partial charge in [-0.1, -0.05) is 92.5 Å². The smallest absolute Gasteiger partial charge is 0.192 e. The predicted molar refractivity (Wildman–Crippen MR) is 232 cm³/mol. The first kappa shape index (κ1) is 44.7. The van der Waals surface area contributed by atoms with E-state index in [1.165, 1.54) is 63.1 Å². The molecule has 302 valence electrons. The minimum Gasteiger partial charge on any atom is -0.413 e. The molecule has 0 bridgehead atoms. The summed E-state index contributed by atoms with van der Waals surface area (Å²) >= 11 is 0. The molecular weight excluding hydrogens is 689 g/mol. The summed E-state index contributed by atoms with van der Waals surface area (Å²) in [6, 6.07) is 3.60. The molecule has 4 saturated carbocycles. The van der Waals surface area contributed by atoms with Gasteiger partial charge in [-0.2, -0.15) is 0 Å². The first-order valence-corrected chi connectivity index (χ1v) is 30.2. The number of fused-ring (bicyclic) bond motifs is 1. The number of hydrogen-bond donors (Lipinski definition) is 0. The van der Waals surface area contributed by atoms with Crippen molar-refractivity contribution < 1.29 is 18.0 Å². The van der Waals surface area contributed by atoms with Gasteiger partial charge in [-0.25, -0.2) is 0 Å². The maximum absolute atomic E-state index is 7.39. The van der Waals surface area contributed by atoms with Gasteiger partial charge in [-0.05, 0) is 157 Å². The fourth-order valence-electron chi connectivity index (χ4n) is 9.97. The molecule has 1 spiro atoms. The lowest BCUT2D eigenvalue weighted by molar-refractivity contribution is -0.0428. The Kier molecular flexibility index (Phi) is 13.8. The SMILES string of the molecule is CC[Si](CC)(CC)OC(C)(C)CCO[C@H](C)C1CCC2/C(=C/C=C3C[C@@H](O[Si](C)(C)C(C)(C)C)C4(CC4)[C@H](O[Si](C)(C)C(C)(C)C)C3)CCCC21C. The third kappa shape index (κ3) is 9.56. The van der Waals surface area contributed by atoms with Gasteiger partial charge in [0.25, 0.3) is 0 Å². The van der Waals surface area contributed by atoms with Crippen LogP contribution in [0, 0.1) is 22.7 Å². The van der Waals surface area contributed by atoms with Gasteiger partial charge in [-0.3, -0.25) is 0 Å². The second-order valence-electron chi connectivity index (χ2n) is 22.0. The van der Waals surface area contributed by atoms with E-state index in [0.29, 0.717) is 17.3 Å². The van der Waals surface area contributed by atoms with Gasteiger partial charge >= 0.3 is 0 Å². The minimum absolute atomic E-state index is 0.119. The van der Waals surface area contributed by atoms with Crippen LogP contribution in [0.3, 0.4) is 0 Å². The Morgan fingerprint density at radius 2 is 1.29 bits per heavy atom. The molecule has 0 amide bonds. The van der Waals surface area contributed by atoms with Crippen LogP contribution in [0.5, 0.6) is 0 Å². The second kappa shape index (κ2) is 16.1. The zero-order valence-electron chi connectivity index (χ0n) is 37.6. The molecule has 3 unspecified atom stereocenters. The fourth-order valence-corrected chi connectivity index (χ4v) is 15.9. The van der Waals surface area contributed by atoms with Crippen molar-refractivity contribution in [3.8, 4) is 0 Å². The van der Waals surface area contributed by atoms with Crippen molar-refractivity contribution in [3.05, 3.63) is 23.3 Å². The zero-order valence-corrected chi connectivity index (χ0v) is 40.6. The summed E-state index contributed by atoms with van der Waals surface area (Å²) in [5.74, 6) is 1.28. The molecule has 0 aliphatic heterocycles. The molecule has 0 saturated heterocycles. The normalized spacial score (nSPS) is 30.2. The van der Waals surface area contributed by atoms with E-state index in [1.807, 2.05) is 0 Å². The van der Waals surface area contributed by atoms with E-state index < -0.39 is 25.0 Å². The van der Waals surface area contributed by atoms with Gasteiger partial charge in [-0.15, -0.1) is 0 Å².